The Morgan fingerprint density at radius 2 is 1.45 bits per heavy atom. The van der Waals surface area contributed by atoms with Crippen LogP contribution >= 0.6 is 0 Å². The number of nitro groups is 1. The lowest BCUT2D eigenvalue weighted by atomic mass is 10.0. The van der Waals surface area contributed by atoms with Crippen molar-refractivity contribution in [3.63, 3.8) is 0 Å². The minimum atomic E-state index is -0.424. The maximum atomic E-state index is 11.5. The van der Waals surface area contributed by atoms with E-state index in [9.17, 15) is 15.2 Å². The van der Waals surface area contributed by atoms with Crippen LogP contribution in [0.3, 0.4) is 0 Å². The van der Waals surface area contributed by atoms with Gasteiger partial charge in [0.1, 0.15) is 11.4 Å². The topological polar surface area (TPSA) is 88.1 Å². The number of phenolic OH excluding ortho intramolecular Hbond substituents is 1. The molecule has 0 atom stereocenters. The quantitative estimate of drug-likeness (QED) is 0.142. The van der Waals surface area contributed by atoms with Crippen LogP contribution in [0.25, 0.3) is 0 Å². The van der Waals surface area contributed by atoms with Gasteiger partial charge in [0.25, 0.3) is 5.69 Å². The Bertz CT molecular complexity index is 865. The van der Waals surface area contributed by atoms with E-state index < -0.39 is 4.92 Å². The zero-order valence-corrected chi connectivity index (χ0v) is 18.8. The van der Waals surface area contributed by atoms with Gasteiger partial charge in [-0.15, -0.1) is 10.2 Å². The van der Waals surface area contributed by atoms with Gasteiger partial charge in [0.05, 0.1) is 4.92 Å². The summed E-state index contributed by atoms with van der Waals surface area (Å²) in [5.41, 5.74) is 2.30. The van der Waals surface area contributed by atoms with Gasteiger partial charge in [0.2, 0.25) is 0 Å². The molecular formula is C25H35N3O3. The molecule has 0 bridgehead atoms. The molecule has 168 valence electrons. The van der Waals surface area contributed by atoms with Crippen molar-refractivity contribution >= 4 is 17.1 Å². The van der Waals surface area contributed by atoms with Gasteiger partial charge in [0, 0.05) is 6.07 Å². The molecule has 0 unspecified atom stereocenters. The van der Waals surface area contributed by atoms with Crippen LogP contribution in [0.2, 0.25) is 0 Å². The molecule has 6 nitrogen and oxygen atoms in total. The van der Waals surface area contributed by atoms with Gasteiger partial charge in [-0.2, -0.15) is 0 Å². The summed E-state index contributed by atoms with van der Waals surface area (Å²) >= 11 is 0. The first-order valence-electron chi connectivity index (χ1n) is 11.5. The highest BCUT2D eigenvalue weighted by Crippen LogP contribution is 2.33. The summed E-state index contributed by atoms with van der Waals surface area (Å²) in [5.74, 6) is -0.00502. The largest absolute Gasteiger partial charge is 0.506 e. The first-order chi connectivity index (χ1) is 15.0. The lowest BCUT2D eigenvalue weighted by Crippen LogP contribution is -1.92. The van der Waals surface area contributed by atoms with E-state index in [0.29, 0.717) is 5.69 Å². The van der Waals surface area contributed by atoms with Crippen molar-refractivity contribution in [1.29, 1.82) is 0 Å². The molecule has 1 N–H and O–H groups in total. The van der Waals surface area contributed by atoms with Crippen LogP contribution in [0.1, 0.15) is 82.3 Å². The molecule has 0 aromatic heterocycles. The van der Waals surface area contributed by atoms with Gasteiger partial charge >= 0.3 is 0 Å². The number of benzene rings is 2. The molecule has 0 spiro atoms. The molecule has 6 heteroatoms. The van der Waals surface area contributed by atoms with Gasteiger partial charge in [0.15, 0.2) is 5.69 Å². The minimum absolute atomic E-state index is 0.00502. The molecule has 0 aliphatic carbocycles. The van der Waals surface area contributed by atoms with Crippen LogP contribution in [-0.2, 0) is 6.42 Å². The van der Waals surface area contributed by atoms with E-state index in [-0.39, 0.29) is 17.1 Å². The third kappa shape index (κ3) is 8.87. The number of rotatable bonds is 14. The van der Waals surface area contributed by atoms with E-state index in [4.69, 9.17) is 0 Å². The number of azo groups is 1. The van der Waals surface area contributed by atoms with Crippen molar-refractivity contribution in [2.45, 2.75) is 84.5 Å². The van der Waals surface area contributed by atoms with Crippen LogP contribution in [0.4, 0.5) is 17.1 Å². The number of aromatic hydroxyl groups is 1. The highest BCUT2D eigenvalue weighted by molar-refractivity contribution is 5.59. The number of hydrogen-bond acceptors (Lipinski definition) is 5. The molecule has 2 rings (SSSR count). The molecule has 2 aromatic rings. The fraction of sp³-hybridized carbons (Fsp3) is 0.520. The third-order valence-electron chi connectivity index (χ3n) is 5.45. The van der Waals surface area contributed by atoms with Crippen LogP contribution in [0.15, 0.2) is 46.6 Å². The predicted octanol–water partition coefficient (Wildman–Crippen LogP) is 8.49. The van der Waals surface area contributed by atoms with Crippen molar-refractivity contribution < 1.29 is 10.0 Å². The molecule has 0 amide bonds. The second kappa shape index (κ2) is 13.5. The van der Waals surface area contributed by atoms with E-state index in [1.165, 1.54) is 57.4 Å². The van der Waals surface area contributed by atoms with Crippen molar-refractivity contribution in [2.24, 2.45) is 10.2 Å². The summed E-state index contributed by atoms with van der Waals surface area (Å²) in [5, 5.41) is 29.4. The summed E-state index contributed by atoms with van der Waals surface area (Å²) in [4.78, 5) is 11.1. The number of nitrogens with zero attached hydrogens (tertiary/aromatic N) is 3. The summed E-state index contributed by atoms with van der Waals surface area (Å²) < 4.78 is 0. The van der Waals surface area contributed by atoms with Crippen molar-refractivity contribution in [2.75, 3.05) is 0 Å². The maximum absolute atomic E-state index is 11.5. The standard InChI is InChI=1S/C25H35N3O3/c1-3-4-5-6-7-8-9-10-11-12-13-21-15-16-22(24(19-21)28(30)31)26-27-23-18-20(2)14-17-25(23)29/h14-19,29H,3-13H2,1-2H3. The number of aryl methyl sites for hydroxylation is 2. The molecule has 0 fully saturated rings. The summed E-state index contributed by atoms with van der Waals surface area (Å²) in [6.45, 7) is 4.12. The number of nitro benzene ring substituents is 1. The molecule has 0 saturated heterocycles. The lowest BCUT2D eigenvalue weighted by Gasteiger charge is -2.04. The van der Waals surface area contributed by atoms with Gasteiger partial charge in [-0.3, -0.25) is 10.1 Å². The van der Waals surface area contributed by atoms with E-state index >= 15 is 0 Å². The first kappa shape index (κ1) is 24.5. The fourth-order valence-corrected chi connectivity index (χ4v) is 3.59. The van der Waals surface area contributed by atoms with Crippen molar-refractivity contribution in [1.82, 2.24) is 0 Å². The highest BCUT2D eigenvalue weighted by Gasteiger charge is 2.15. The fourth-order valence-electron chi connectivity index (χ4n) is 3.59. The zero-order valence-electron chi connectivity index (χ0n) is 18.8. The molecule has 0 heterocycles. The monoisotopic (exact) mass is 425 g/mol. The first-order valence-corrected chi connectivity index (χ1v) is 11.5. The molecular weight excluding hydrogens is 390 g/mol. The molecule has 31 heavy (non-hydrogen) atoms. The van der Waals surface area contributed by atoms with E-state index in [0.717, 1.165) is 30.4 Å². The van der Waals surface area contributed by atoms with Gasteiger partial charge in [-0.05, 0) is 49.1 Å². The van der Waals surface area contributed by atoms with Gasteiger partial charge in [-0.25, -0.2) is 0 Å². The summed E-state index contributed by atoms with van der Waals surface area (Å²) in [7, 11) is 0. The third-order valence-corrected chi connectivity index (χ3v) is 5.45. The molecule has 0 aliphatic rings. The number of phenols is 1. The Labute approximate surface area is 185 Å². The van der Waals surface area contributed by atoms with Gasteiger partial charge < -0.3 is 5.11 Å². The predicted molar refractivity (Wildman–Crippen MR) is 126 cm³/mol. The molecule has 0 aliphatic heterocycles. The average Bonchev–Trinajstić information content (AvgIpc) is 2.76. The van der Waals surface area contributed by atoms with Crippen LogP contribution in [0, 0.1) is 17.0 Å². The van der Waals surface area contributed by atoms with Crippen LogP contribution in [0.5, 0.6) is 5.75 Å². The summed E-state index contributed by atoms with van der Waals surface area (Å²) in [6.07, 6.45) is 13.5. The van der Waals surface area contributed by atoms with Crippen molar-refractivity contribution in [3.05, 3.63) is 57.6 Å². The SMILES string of the molecule is CCCCCCCCCCCCc1ccc(N=Nc2cc(C)ccc2O)c([N+](=O)[O-])c1. The van der Waals surface area contributed by atoms with E-state index in [1.54, 1.807) is 24.3 Å². The minimum Gasteiger partial charge on any atom is -0.506 e. The summed E-state index contributed by atoms with van der Waals surface area (Å²) in [6, 6.07) is 10.1. The van der Waals surface area contributed by atoms with Crippen molar-refractivity contribution in [3.8, 4) is 5.75 Å². The molecule has 2 aromatic carbocycles. The maximum Gasteiger partial charge on any atom is 0.296 e. The van der Waals surface area contributed by atoms with Crippen LogP contribution < -0.4 is 0 Å². The molecule has 0 saturated carbocycles. The number of hydrogen-bond donors (Lipinski definition) is 1. The van der Waals surface area contributed by atoms with Crippen LogP contribution in [-0.4, -0.2) is 10.0 Å². The van der Waals surface area contributed by atoms with E-state index in [1.807, 2.05) is 13.0 Å². The Morgan fingerprint density at radius 3 is 2.10 bits per heavy atom. The normalized spacial score (nSPS) is 11.3. The second-order valence-electron chi connectivity index (χ2n) is 8.20. The highest BCUT2D eigenvalue weighted by atomic mass is 16.6. The van der Waals surface area contributed by atoms with E-state index in [2.05, 4.69) is 17.2 Å². The Hall–Kier alpha value is -2.76. The Morgan fingerprint density at radius 1 is 0.839 bits per heavy atom. The Kier molecular flexibility index (Phi) is 10.7. The smallest absolute Gasteiger partial charge is 0.296 e. The Balaban J connectivity index is 1.84. The lowest BCUT2D eigenvalue weighted by molar-refractivity contribution is -0.384. The zero-order chi connectivity index (χ0) is 22.5. The number of unbranched alkanes of at least 4 members (excludes halogenated alkanes) is 9. The average molecular weight is 426 g/mol. The second-order valence-corrected chi connectivity index (χ2v) is 8.20. The van der Waals surface area contributed by atoms with Gasteiger partial charge in [-0.1, -0.05) is 76.8 Å². The molecule has 0 radical (unpaired) electrons.